The highest BCUT2D eigenvalue weighted by molar-refractivity contribution is 5.55. The SMILES string of the molecule is C=C(OC(C)c1ccc(OCC(C)(F)C2CC2)cc1)C1CC1c1ccc(C=CC(C)C)c(C)c1. The summed E-state index contributed by atoms with van der Waals surface area (Å²) in [4.78, 5) is 0. The van der Waals surface area contributed by atoms with Gasteiger partial charge in [-0.1, -0.05) is 62.9 Å². The fraction of sp³-hybridized carbons (Fsp3) is 0.484. The number of ether oxygens (including phenoxy) is 2. The Labute approximate surface area is 204 Å². The zero-order chi connectivity index (χ0) is 24.5. The van der Waals surface area contributed by atoms with Crippen LogP contribution in [0, 0.1) is 24.7 Å². The minimum absolute atomic E-state index is 0.0917. The summed E-state index contributed by atoms with van der Waals surface area (Å²) >= 11 is 0. The molecule has 0 aromatic heterocycles. The highest BCUT2D eigenvalue weighted by Crippen LogP contribution is 2.52. The topological polar surface area (TPSA) is 18.5 Å². The highest BCUT2D eigenvalue weighted by atomic mass is 19.1. The van der Waals surface area contributed by atoms with E-state index in [1.807, 2.05) is 31.2 Å². The van der Waals surface area contributed by atoms with E-state index < -0.39 is 5.67 Å². The summed E-state index contributed by atoms with van der Waals surface area (Å²) in [5, 5.41) is 0. The lowest BCUT2D eigenvalue weighted by Crippen LogP contribution is -2.29. The van der Waals surface area contributed by atoms with Gasteiger partial charge in [0.1, 0.15) is 24.1 Å². The van der Waals surface area contributed by atoms with Gasteiger partial charge in [-0.15, -0.1) is 0 Å². The van der Waals surface area contributed by atoms with Crippen LogP contribution in [-0.2, 0) is 4.74 Å². The van der Waals surface area contributed by atoms with E-state index in [1.165, 1.54) is 16.7 Å². The molecule has 4 rings (SSSR count). The zero-order valence-corrected chi connectivity index (χ0v) is 21.3. The van der Waals surface area contributed by atoms with E-state index in [-0.39, 0.29) is 18.6 Å². The first kappa shape index (κ1) is 24.6. The molecule has 4 atom stereocenters. The first-order valence-electron chi connectivity index (χ1n) is 12.7. The Balaban J connectivity index is 1.28. The average Bonchev–Trinajstić information content (AvgIpc) is 3.70. The van der Waals surface area contributed by atoms with Gasteiger partial charge in [-0.05, 0) is 92.2 Å². The largest absolute Gasteiger partial charge is 0.491 e. The van der Waals surface area contributed by atoms with Crippen LogP contribution in [0.4, 0.5) is 4.39 Å². The summed E-state index contributed by atoms with van der Waals surface area (Å²) in [5.41, 5.74) is 3.79. The zero-order valence-electron chi connectivity index (χ0n) is 21.3. The Morgan fingerprint density at radius 3 is 2.47 bits per heavy atom. The third-order valence-corrected chi connectivity index (χ3v) is 7.21. The van der Waals surface area contributed by atoms with Crippen molar-refractivity contribution in [2.45, 2.75) is 71.6 Å². The van der Waals surface area contributed by atoms with Gasteiger partial charge >= 0.3 is 0 Å². The van der Waals surface area contributed by atoms with E-state index >= 15 is 0 Å². The van der Waals surface area contributed by atoms with Crippen LogP contribution in [0.5, 0.6) is 5.75 Å². The summed E-state index contributed by atoms with van der Waals surface area (Å²) in [5.74, 6) is 3.11. The molecule has 2 aliphatic carbocycles. The van der Waals surface area contributed by atoms with Crippen molar-refractivity contribution in [1.29, 1.82) is 0 Å². The smallest absolute Gasteiger partial charge is 0.144 e. The monoisotopic (exact) mass is 462 g/mol. The fourth-order valence-corrected chi connectivity index (χ4v) is 4.58. The van der Waals surface area contributed by atoms with Crippen molar-refractivity contribution < 1.29 is 13.9 Å². The Morgan fingerprint density at radius 1 is 1.15 bits per heavy atom. The van der Waals surface area contributed by atoms with Crippen LogP contribution >= 0.6 is 0 Å². The van der Waals surface area contributed by atoms with Gasteiger partial charge in [0.05, 0.1) is 5.76 Å². The number of alkyl halides is 1. The molecular weight excluding hydrogens is 423 g/mol. The van der Waals surface area contributed by atoms with E-state index in [1.54, 1.807) is 6.92 Å². The Morgan fingerprint density at radius 2 is 1.85 bits per heavy atom. The maximum atomic E-state index is 14.5. The minimum atomic E-state index is -1.24. The van der Waals surface area contributed by atoms with Crippen LogP contribution < -0.4 is 4.74 Å². The quantitative estimate of drug-likeness (QED) is 0.311. The van der Waals surface area contributed by atoms with Crippen molar-refractivity contribution in [3.05, 3.63) is 83.1 Å². The van der Waals surface area contributed by atoms with Crippen molar-refractivity contribution in [1.82, 2.24) is 0 Å². The molecule has 2 nitrogen and oxygen atoms in total. The molecule has 0 aliphatic heterocycles. The van der Waals surface area contributed by atoms with Gasteiger partial charge < -0.3 is 9.47 Å². The van der Waals surface area contributed by atoms with Gasteiger partial charge in [0.2, 0.25) is 0 Å². The molecule has 0 heterocycles. The van der Waals surface area contributed by atoms with Crippen LogP contribution in [0.2, 0.25) is 0 Å². The number of benzene rings is 2. The second kappa shape index (κ2) is 9.98. The summed E-state index contributed by atoms with van der Waals surface area (Å²) < 4.78 is 26.4. The number of halogens is 1. The second-order valence-electron chi connectivity index (χ2n) is 10.8. The minimum Gasteiger partial charge on any atom is -0.491 e. The van der Waals surface area contributed by atoms with E-state index in [0.29, 0.717) is 23.5 Å². The molecule has 182 valence electrons. The van der Waals surface area contributed by atoms with E-state index in [4.69, 9.17) is 9.47 Å². The standard InChI is InChI=1S/C31H39FO2/c1-20(2)7-8-24-9-10-26(17-21(24)3)30-18-29(30)23(5)34-22(4)25-11-15-28(16-12-25)33-19-31(6,32)27-13-14-27/h7-12,15-17,20,22,27,29-30H,5,13-14,18-19H2,1-4,6H3. The number of rotatable bonds is 11. The van der Waals surface area contributed by atoms with Crippen molar-refractivity contribution >= 4 is 6.08 Å². The molecule has 0 amide bonds. The van der Waals surface area contributed by atoms with Gasteiger partial charge in [-0.25, -0.2) is 4.39 Å². The van der Waals surface area contributed by atoms with E-state index in [9.17, 15) is 4.39 Å². The summed E-state index contributed by atoms with van der Waals surface area (Å²) in [6.07, 6.45) is 7.39. The van der Waals surface area contributed by atoms with E-state index in [0.717, 1.165) is 30.6 Å². The molecule has 0 spiro atoms. The molecule has 0 radical (unpaired) electrons. The third-order valence-electron chi connectivity index (χ3n) is 7.21. The molecular formula is C31H39FO2. The second-order valence-corrected chi connectivity index (χ2v) is 10.8. The first-order chi connectivity index (χ1) is 16.1. The lowest BCUT2D eigenvalue weighted by molar-refractivity contribution is 0.0806. The fourth-order valence-electron chi connectivity index (χ4n) is 4.58. The van der Waals surface area contributed by atoms with Crippen LogP contribution in [0.3, 0.4) is 0 Å². The van der Waals surface area contributed by atoms with Crippen LogP contribution in [0.15, 0.2) is 60.9 Å². The molecule has 2 aliphatic rings. The predicted octanol–water partition coefficient (Wildman–Crippen LogP) is 8.58. The maximum Gasteiger partial charge on any atom is 0.144 e. The summed E-state index contributed by atoms with van der Waals surface area (Å²) in [7, 11) is 0. The van der Waals surface area contributed by atoms with Crippen molar-refractivity contribution in [2.75, 3.05) is 6.61 Å². The normalized spacial score (nSPS) is 22.4. The molecule has 2 saturated carbocycles. The van der Waals surface area contributed by atoms with Gasteiger partial charge in [0.25, 0.3) is 0 Å². The van der Waals surface area contributed by atoms with Gasteiger partial charge in [-0.3, -0.25) is 0 Å². The predicted molar refractivity (Wildman–Crippen MR) is 139 cm³/mol. The van der Waals surface area contributed by atoms with Gasteiger partial charge in [0.15, 0.2) is 0 Å². The highest BCUT2D eigenvalue weighted by Gasteiger charge is 2.43. The first-order valence-corrected chi connectivity index (χ1v) is 12.7. The number of allylic oxidation sites excluding steroid dienone is 2. The number of hydrogen-bond acceptors (Lipinski definition) is 2. The Bertz CT molecular complexity index is 1030. The van der Waals surface area contributed by atoms with Crippen molar-refractivity contribution in [3.63, 3.8) is 0 Å². The Hall–Kier alpha value is -2.55. The third kappa shape index (κ3) is 6.11. The number of hydrogen-bond donors (Lipinski definition) is 0. The van der Waals surface area contributed by atoms with Crippen LogP contribution in [0.1, 0.15) is 81.2 Å². The van der Waals surface area contributed by atoms with Gasteiger partial charge in [-0.2, -0.15) is 0 Å². The van der Waals surface area contributed by atoms with Crippen LogP contribution in [-0.4, -0.2) is 12.3 Å². The molecule has 0 saturated heterocycles. The molecule has 0 N–H and O–H groups in total. The van der Waals surface area contributed by atoms with Crippen molar-refractivity contribution in [2.24, 2.45) is 17.8 Å². The van der Waals surface area contributed by atoms with Crippen LogP contribution in [0.25, 0.3) is 6.08 Å². The lowest BCUT2D eigenvalue weighted by atomic mass is 10.00. The van der Waals surface area contributed by atoms with Crippen molar-refractivity contribution in [3.8, 4) is 5.75 Å². The van der Waals surface area contributed by atoms with E-state index in [2.05, 4.69) is 57.7 Å². The molecule has 34 heavy (non-hydrogen) atoms. The molecule has 2 fully saturated rings. The molecule has 3 heteroatoms. The summed E-state index contributed by atoms with van der Waals surface area (Å²) in [6.45, 7) is 14.6. The molecule has 4 unspecified atom stereocenters. The lowest BCUT2D eigenvalue weighted by Gasteiger charge is -2.21. The molecule has 2 aromatic rings. The maximum absolute atomic E-state index is 14.5. The number of aryl methyl sites for hydroxylation is 1. The average molecular weight is 463 g/mol. The molecule has 2 aromatic carbocycles. The Kier molecular flexibility index (Phi) is 7.21. The molecule has 0 bridgehead atoms. The summed E-state index contributed by atoms with van der Waals surface area (Å²) in [6, 6.07) is 14.6. The van der Waals surface area contributed by atoms with Gasteiger partial charge in [0, 0.05) is 5.92 Å².